The molecule has 0 N–H and O–H groups in total. The summed E-state index contributed by atoms with van der Waals surface area (Å²) < 4.78 is 31.3. The van der Waals surface area contributed by atoms with Crippen LogP contribution in [0.1, 0.15) is 48.4 Å². The Morgan fingerprint density at radius 2 is 1.88 bits per heavy atom. The molecule has 34 heavy (non-hydrogen) atoms. The fourth-order valence-electron chi connectivity index (χ4n) is 5.56. The fraction of sp³-hybridized carbons (Fsp3) is 0.321. The maximum Gasteiger partial charge on any atom is 0.257 e. The van der Waals surface area contributed by atoms with E-state index in [1.807, 2.05) is 30.0 Å². The van der Waals surface area contributed by atoms with E-state index in [1.165, 1.54) is 11.6 Å². The van der Waals surface area contributed by atoms with Gasteiger partial charge < -0.3 is 9.80 Å². The van der Waals surface area contributed by atoms with Crippen LogP contribution in [0.3, 0.4) is 0 Å². The monoisotopic (exact) mass is 522 g/mol. The fourth-order valence-corrected chi connectivity index (χ4v) is 5.89. The lowest BCUT2D eigenvalue weighted by molar-refractivity contribution is -0.129. The Kier molecular flexibility index (Phi) is 5.25. The molecule has 0 bridgehead atoms. The molecular formula is C28H25BrF2N2O. The molecule has 1 saturated carbocycles. The Balaban J connectivity index is 1.37. The highest BCUT2D eigenvalue weighted by atomic mass is 79.9. The van der Waals surface area contributed by atoms with Gasteiger partial charge in [0.2, 0.25) is 0 Å². The van der Waals surface area contributed by atoms with E-state index in [-0.39, 0.29) is 29.3 Å². The van der Waals surface area contributed by atoms with Gasteiger partial charge in [-0.3, -0.25) is 4.79 Å². The third-order valence-corrected chi connectivity index (χ3v) is 8.03. The standard InChI is InChI=1S/C28H25BrF2N2O/c1-16-21-5-3-2-4-17(21)10-11-32(16)28(34)23-14-25(18-6-7-18)33-15-19(12-26(33)27(23)31)22-9-8-20(29)13-24(22)30/h2-5,8-9,12-14,16,18-19H,6-7,10-11,15H2,1H3/t16-,19?/m1/s1. The zero-order valence-electron chi connectivity index (χ0n) is 18.9. The van der Waals surface area contributed by atoms with Gasteiger partial charge in [0.05, 0.1) is 17.3 Å². The van der Waals surface area contributed by atoms with Gasteiger partial charge in [-0.2, -0.15) is 0 Å². The van der Waals surface area contributed by atoms with Gasteiger partial charge in [-0.05, 0) is 73.1 Å². The number of allylic oxidation sites excluding steroid dienone is 2. The quantitative estimate of drug-likeness (QED) is 0.456. The van der Waals surface area contributed by atoms with Crippen molar-refractivity contribution in [1.82, 2.24) is 9.80 Å². The minimum absolute atomic E-state index is 0.115. The van der Waals surface area contributed by atoms with Gasteiger partial charge in [-0.15, -0.1) is 0 Å². The molecule has 4 aliphatic rings. The molecule has 2 aromatic rings. The summed E-state index contributed by atoms with van der Waals surface area (Å²) in [6.07, 6.45) is 6.38. The normalized spacial score (nSPS) is 24.0. The van der Waals surface area contributed by atoms with E-state index in [2.05, 4.69) is 28.1 Å². The first-order valence-corrected chi connectivity index (χ1v) is 12.7. The van der Waals surface area contributed by atoms with Crippen molar-refractivity contribution >= 4 is 21.8 Å². The van der Waals surface area contributed by atoms with Crippen LogP contribution in [-0.4, -0.2) is 28.8 Å². The van der Waals surface area contributed by atoms with Crippen LogP contribution in [-0.2, 0) is 11.2 Å². The molecule has 0 spiro atoms. The molecule has 2 atom stereocenters. The average molecular weight is 523 g/mol. The minimum Gasteiger partial charge on any atom is -0.342 e. The molecule has 3 nitrogen and oxygen atoms in total. The number of fused-ring (bicyclic) bond motifs is 2. The number of hydrogen-bond acceptors (Lipinski definition) is 2. The summed E-state index contributed by atoms with van der Waals surface area (Å²) >= 11 is 3.30. The molecule has 6 heteroatoms. The van der Waals surface area contributed by atoms with Crippen LogP contribution in [0.25, 0.3) is 0 Å². The Labute approximate surface area is 206 Å². The van der Waals surface area contributed by atoms with Gasteiger partial charge >= 0.3 is 0 Å². The summed E-state index contributed by atoms with van der Waals surface area (Å²) in [4.78, 5) is 17.4. The molecule has 0 aromatic heterocycles. The molecule has 3 heterocycles. The van der Waals surface area contributed by atoms with E-state index in [0.29, 0.717) is 34.7 Å². The molecule has 1 amide bonds. The van der Waals surface area contributed by atoms with Crippen LogP contribution < -0.4 is 0 Å². The Morgan fingerprint density at radius 1 is 1.09 bits per heavy atom. The second-order valence-corrected chi connectivity index (χ2v) is 10.5. The number of amides is 1. The van der Waals surface area contributed by atoms with Crippen LogP contribution >= 0.6 is 15.9 Å². The number of benzene rings is 2. The zero-order chi connectivity index (χ0) is 23.6. The lowest BCUT2D eigenvalue weighted by Gasteiger charge is -2.37. The van der Waals surface area contributed by atoms with Crippen molar-refractivity contribution in [3.63, 3.8) is 0 Å². The van der Waals surface area contributed by atoms with E-state index in [9.17, 15) is 9.18 Å². The zero-order valence-corrected chi connectivity index (χ0v) is 20.5. The highest BCUT2D eigenvalue weighted by molar-refractivity contribution is 9.10. The van der Waals surface area contributed by atoms with Crippen LogP contribution in [0.15, 0.2) is 81.9 Å². The highest BCUT2D eigenvalue weighted by Gasteiger charge is 2.42. The maximum absolute atomic E-state index is 15.9. The van der Waals surface area contributed by atoms with Gasteiger partial charge in [0.1, 0.15) is 5.82 Å². The molecule has 0 saturated heterocycles. The lowest BCUT2D eigenvalue weighted by atomic mass is 9.92. The Morgan fingerprint density at radius 3 is 2.65 bits per heavy atom. The summed E-state index contributed by atoms with van der Waals surface area (Å²) in [5.41, 5.74) is 4.44. The molecule has 2 aromatic carbocycles. The van der Waals surface area contributed by atoms with Crippen LogP contribution in [0.2, 0.25) is 0 Å². The third kappa shape index (κ3) is 3.54. The van der Waals surface area contributed by atoms with Crippen LogP contribution in [0.4, 0.5) is 8.78 Å². The molecule has 0 radical (unpaired) electrons. The summed E-state index contributed by atoms with van der Waals surface area (Å²) in [6, 6.07) is 13.0. The number of carbonyl (C=O) groups excluding carboxylic acids is 1. The van der Waals surface area contributed by atoms with E-state index in [0.717, 1.165) is 30.5 Å². The summed E-state index contributed by atoms with van der Waals surface area (Å²) in [7, 11) is 0. The predicted octanol–water partition coefficient (Wildman–Crippen LogP) is 6.55. The van der Waals surface area contributed by atoms with E-state index >= 15 is 4.39 Å². The molecule has 1 unspecified atom stereocenters. The highest BCUT2D eigenvalue weighted by Crippen LogP contribution is 2.48. The molecule has 6 rings (SSSR count). The van der Waals surface area contributed by atoms with Crippen molar-refractivity contribution < 1.29 is 13.6 Å². The number of hydrogen-bond donors (Lipinski definition) is 0. The molecular weight excluding hydrogens is 498 g/mol. The van der Waals surface area contributed by atoms with Crippen LogP contribution in [0.5, 0.6) is 0 Å². The van der Waals surface area contributed by atoms with E-state index < -0.39 is 5.83 Å². The van der Waals surface area contributed by atoms with Gasteiger partial charge in [0, 0.05) is 29.2 Å². The Hall–Kier alpha value is -2.73. The summed E-state index contributed by atoms with van der Waals surface area (Å²) in [6.45, 7) is 3.06. The number of nitrogens with zero attached hydrogens (tertiary/aromatic N) is 2. The summed E-state index contributed by atoms with van der Waals surface area (Å²) in [5, 5.41) is 0. The van der Waals surface area contributed by atoms with Crippen molar-refractivity contribution in [1.29, 1.82) is 0 Å². The van der Waals surface area contributed by atoms with Gasteiger partial charge in [-0.25, -0.2) is 8.78 Å². The minimum atomic E-state index is -0.500. The van der Waals surface area contributed by atoms with Crippen molar-refractivity contribution in [3.8, 4) is 0 Å². The third-order valence-electron chi connectivity index (χ3n) is 7.54. The van der Waals surface area contributed by atoms with Crippen molar-refractivity contribution in [2.24, 2.45) is 5.92 Å². The van der Waals surface area contributed by atoms with Gasteiger partial charge in [0.15, 0.2) is 5.83 Å². The second-order valence-electron chi connectivity index (χ2n) is 9.63. The van der Waals surface area contributed by atoms with Crippen LogP contribution in [0, 0.1) is 11.7 Å². The average Bonchev–Trinajstić information content (AvgIpc) is 3.57. The van der Waals surface area contributed by atoms with E-state index in [4.69, 9.17) is 0 Å². The van der Waals surface area contributed by atoms with Crippen molar-refractivity contribution in [2.45, 2.75) is 38.1 Å². The SMILES string of the molecule is C[C@@H]1c2ccccc2CCN1C(=O)C1=C(F)C2=CC(c3ccc(Br)cc3F)CN2C(C2CC2)=C1. The van der Waals surface area contributed by atoms with Gasteiger partial charge in [0.25, 0.3) is 5.91 Å². The topological polar surface area (TPSA) is 23.6 Å². The first-order chi connectivity index (χ1) is 16.4. The molecule has 1 aliphatic carbocycles. The summed E-state index contributed by atoms with van der Waals surface area (Å²) in [5.74, 6) is -1.02. The van der Waals surface area contributed by atoms with Crippen molar-refractivity contribution in [3.05, 3.63) is 104 Å². The number of rotatable bonds is 3. The first-order valence-electron chi connectivity index (χ1n) is 11.9. The largest absolute Gasteiger partial charge is 0.342 e. The van der Waals surface area contributed by atoms with E-state index in [1.54, 1.807) is 23.1 Å². The number of carbonyl (C=O) groups is 1. The smallest absolute Gasteiger partial charge is 0.257 e. The number of halogens is 3. The lowest BCUT2D eigenvalue weighted by Crippen LogP contribution is -2.40. The molecule has 1 fully saturated rings. The van der Waals surface area contributed by atoms with Gasteiger partial charge in [-0.1, -0.05) is 46.3 Å². The maximum atomic E-state index is 15.9. The first kappa shape index (κ1) is 21.8. The second kappa shape index (κ2) is 8.19. The molecule has 3 aliphatic heterocycles. The predicted molar refractivity (Wildman–Crippen MR) is 131 cm³/mol. The Bertz CT molecular complexity index is 1290. The van der Waals surface area contributed by atoms with Crippen molar-refractivity contribution in [2.75, 3.05) is 13.1 Å². The molecule has 174 valence electrons.